The highest BCUT2D eigenvalue weighted by Crippen LogP contribution is 2.27. The van der Waals surface area contributed by atoms with Gasteiger partial charge in [0.15, 0.2) is 0 Å². The average Bonchev–Trinajstić information content (AvgIpc) is 3.06. The number of hydrogen-bond acceptors (Lipinski definition) is 5. The van der Waals surface area contributed by atoms with Crippen LogP contribution in [0.3, 0.4) is 0 Å². The molecule has 0 bridgehead atoms. The molecular weight excluding hydrogens is 298 g/mol. The van der Waals surface area contributed by atoms with Crippen molar-refractivity contribution in [3.8, 4) is 0 Å². The van der Waals surface area contributed by atoms with Gasteiger partial charge in [-0.3, -0.25) is 4.90 Å². The number of likely N-dealkylation sites (tertiary alicyclic amines) is 1. The predicted octanol–water partition coefficient (Wildman–Crippen LogP) is 2.56. The van der Waals surface area contributed by atoms with Crippen LogP contribution in [0.5, 0.6) is 0 Å². The second-order valence-corrected chi connectivity index (χ2v) is 6.82. The number of benzene rings is 1. The van der Waals surface area contributed by atoms with Crippen LogP contribution in [-0.2, 0) is 12.8 Å². The number of rotatable bonds is 4. The third kappa shape index (κ3) is 3.22. The molecule has 4 rings (SSSR count). The molecule has 1 saturated heterocycles. The molecule has 0 saturated carbocycles. The zero-order chi connectivity index (χ0) is 16.4. The molecule has 2 N–H and O–H groups in total. The van der Waals surface area contributed by atoms with Crippen molar-refractivity contribution in [2.24, 2.45) is 0 Å². The summed E-state index contributed by atoms with van der Waals surface area (Å²) in [7, 11) is 1.88. The summed E-state index contributed by atoms with van der Waals surface area (Å²) in [5.74, 6) is 1.58. The lowest BCUT2D eigenvalue weighted by atomic mass is 10.0. The Morgan fingerprint density at radius 1 is 1.12 bits per heavy atom. The van der Waals surface area contributed by atoms with Crippen LogP contribution in [0.15, 0.2) is 36.5 Å². The van der Waals surface area contributed by atoms with Crippen molar-refractivity contribution in [1.29, 1.82) is 0 Å². The van der Waals surface area contributed by atoms with E-state index in [1.807, 2.05) is 13.1 Å². The lowest BCUT2D eigenvalue weighted by Crippen LogP contribution is -2.47. The van der Waals surface area contributed by atoms with Gasteiger partial charge in [-0.15, -0.1) is 0 Å². The Morgan fingerprint density at radius 2 is 1.92 bits per heavy atom. The monoisotopic (exact) mass is 323 g/mol. The zero-order valence-electron chi connectivity index (χ0n) is 14.2. The molecular formula is C19H25N5. The van der Waals surface area contributed by atoms with Crippen LogP contribution in [0.25, 0.3) is 0 Å². The highest BCUT2D eigenvalue weighted by Gasteiger charge is 2.30. The molecule has 2 aliphatic rings. The smallest absolute Gasteiger partial charge is 0.224 e. The SMILES string of the molecule is CNc1ccnc(N[C@H]2CCCN(C3Cc4ccccc4C3)C2)n1. The van der Waals surface area contributed by atoms with Crippen LogP contribution in [0.1, 0.15) is 24.0 Å². The predicted molar refractivity (Wildman–Crippen MR) is 97.4 cm³/mol. The van der Waals surface area contributed by atoms with Gasteiger partial charge in [-0.25, -0.2) is 4.98 Å². The van der Waals surface area contributed by atoms with Crippen molar-refractivity contribution in [1.82, 2.24) is 14.9 Å². The maximum Gasteiger partial charge on any atom is 0.224 e. The number of piperidine rings is 1. The van der Waals surface area contributed by atoms with Crippen molar-refractivity contribution in [3.63, 3.8) is 0 Å². The minimum atomic E-state index is 0.426. The average molecular weight is 323 g/mol. The fourth-order valence-corrected chi connectivity index (χ4v) is 4.00. The van der Waals surface area contributed by atoms with E-state index in [4.69, 9.17) is 0 Å². The van der Waals surface area contributed by atoms with E-state index in [-0.39, 0.29) is 0 Å². The highest BCUT2D eigenvalue weighted by atomic mass is 15.2. The van der Waals surface area contributed by atoms with Gasteiger partial charge < -0.3 is 10.6 Å². The summed E-state index contributed by atoms with van der Waals surface area (Å²) in [5.41, 5.74) is 3.06. The number of fused-ring (bicyclic) bond motifs is 1. The summed E-state index contributed by atoms with van der Waals surface area (Å²) in [6.07, 6.45) is 6.60. The first-order chi connectivity index (χ1) is 11.8. The molecule has 1 aromatic carbocycles. The van der Waals surface area contributed by atoms with Gasteiger partial charge in [-0.05, 0) is 49.4 Å². The van der Waals surface area contributed by atoms with E-state index in [1.165, 1.54) is 43.4 Å². The lowest BCUT2D eigenvalue weighted by Gasteiger charge is -2.37. The van der Waals surface area contributed by atoms with Crippen molar-refractivity contribution >= 4 is 11.8 Å². The Morgan fingerprint density at radius 3 is 2.67 bits per heavy atom. The number of aromatic nitrogens is 2. The fraction of sp³-hybridized carbons (Fsp3) is 0.474. The number of nitrogens with zero attached hydrogens (tertiary/aromatic N) is 3. The van der Waals surface area contributed by atoms with E-state index in [2.05, 4.69) is 49.8 Å². The van der Waals surface area contributed by atoms with Crippen molar-refractivity contribution in [3.05, 3.63) is 47.7 Å². The van der Waals surface area contributed by atoms with E-state index < -0.39 is 0 Å². The van der Waals surface area contributed by atoms with E-state index in [9.17, 15) is 0 Å². The Kier molecular flexibility index (Phi) is 4.34. The Bertz CT molecular complexity index is 677. The van der Waals surface area contributed by atoms with Crippen molar-refractivity contribution in [2.75, 3.05) is 30.8 Å². The molecule has 1 atom stereocenters. The molecule has 1 aliphatic heterocycles. The van der Waals surface area contributed by atoms with Crippen LogP contribution in [0.2, 0.25) is 0 Å². The molecule has 0 amide bonds. The summed E-state index contributed by atoms with van der Waals surface area (Å²) < 4.78 is 0. The number of nitrogens with one attached hydrogen (secondary N) is 2. The van der Waals surface area contributed by atoms with Gasteiger partial charge in [0.2, 0.25) is 5.95 Å². The van der Waals surface area contributed by atoms with E-state index in [0.717, 1.165) is 18.3 Å². The molecule has 126 valence electrons. The first-order valence-corrected chi connectivity index (χ1v) is 8.90. The van der Waals surface area contributed by atoms with Crippen molar-refractivity contribution < 1.29 is 0 Å². The third-order valence-electron chi connectivity index (χ3n) is 5.24. The van der Waals surface area contributed by atoms with Crippen LogP contribution < -0.4 is 10.6 Å². The normalized spacial score (nSPS) is 21.5. The molecule has 24 heavy (non-hydrogen) atoms. The van der Waals surface area contributed by atoms with Gasteiger partial charge in [-0.2, -0.15) is 4.98 Å². The van der Waals surface area contributed by atoms with Crippen LogP contribution in [0.4, 0.5) is 11.8 Å². The van der Waals surface area contributed by atoms with E-state index in [1.54, 1.807) is 6.20 Å². The zero-order valence-corrected chi connectivity index (χ0v) is 14.2. The molecule has 5 nitrogen and oxygen atoms in total. The first kappa shape index (κ1) is 15.4. The number of hydrogen-bond donors (Lipinski definition) is 2. The highest BCUT2D eigenvalue weighted by molar-refractivity contribution is 5.39. The van der Waals surface area contributed by atoms with Gasteiger partial charge in [0, 0.05) is 31.9 Å². The third-order valence-corrected chi connectivity index (χ3v) is 5.24. The van der Waals surface area contributed by atoms with Gasteiger partial charge in [0.1, 0.15) is 5.82 Å². The molecule has 1 aromatic heterocycles. The molecule has 5 heteroatoms. The summed E-state index contributed by atoms with van der Waals surface area (Å²) in [5, 5.41) is 6.59. The largest absolute Gasteiger partial charge is 0.373 e. The van der Waals surface area contributed by atoms with Gasteiger partial charge >= 0.3 is 0 Å². The van der Waals surface area contributed by atoms with Gasteiger partial charge in [0.25, 0.3) is 0 Å². The molecule has 2 aromatic rings. The van der Waals surface area contributed by atoms with E-state index >= 15 is 0 Å². The van der Waals surface area contributed by atoms with Gasteiger partial charge in [-0.1, -0.05) is 24.3 Å². The topological polar surface area (TPSA) is 53.1 Å². The molecule has 1 fully saturated rings. The second-order valence-electron chi connectivity index (χ2n) is 6.82. The number of anilines is 2. The molecule has 0 radical (unpaired) electrons. The Balaban J connectivity index is 1.39. The van der Waals surface area contributed by atoms with Crippen molar-refractivity contribution in [2.45, 2.75) is 37.8 Å². The summed E-state index contributed by atoms with van der Waals surface area (Å²) >= 11 is 0. The Labute approximate surface area is 143 Å². The fourth-order valence-electron chi connectivity index (χ4n) is 4.00. The first-order valence-electron chi connectivity index (χ1n) is 8.90. The minimum Gasteiger partial charge on any atom is -0.373 e. The second kappa shape index (κ2) is 6.77. The van der Waals surface area contributed by atoms with Crippen LogP contribution in [0, 0.1) is 0 Å². The maximum absolute atomic E-state index is 4.49. The quantitative estimate of drug-likeness (QED) is 0.906. The maximum atomic E-state index is 4.49. The van der Waals surface area contributed by atoms with Crippen LogP contribution in [-0.4, -0.2) is 47.1 Å². The Hall–Kier alpha value is -2.14. The van der Waals surface area contributed by atoms with Crippen LogP contribution >= 0.6 is 0 Å². The van der Waals surface area contributed by atoms with Gasteiger partial charge in [0.05, 0.1) is 0 Å². The molecule has 0 unspecified atom stereocenters. The molecule has 0 spiro atoms. The standard InChI is InChI=1S/C19H25N5/c1-20-18-8-9-21-19(23-18)22-16-7-4-10-24(13-16)17-11-14-5-2-3-6-15(14)12-17/h2-3,5-6,8-9,16-17H,4,7,10-13H2,1H3,(H2,20,21,22,23)/t16-/m0/s1. The molecule has 1 aliphatic carbocycles. The summed E-state index contributed by atoms with van der Waals surface area (Å²) in [4.78, 5) is 11.5. The summed E-state index contributed by atoms with van der Waals surface area (Å²) in [6.45, 7) is 2.28. The minimum absolute atomic E-state index is 0.426. The molecule has 2 heterocycles. The lowest BCUT2D eigenvalue weighted by molar-refractivity contribution is 0.158. The summed E-state index contributed by atoms with van der Waals surface area (Å²) in [6, 6.07) is 11.8. The van der Waals surface area contributed by atoms with E-state index in [0.29, 0.717) is 12.1 Å².